The molecule has 0 bridgehead atoms. The molecule has 0 aromatic heterocycles. The van der Waals surface area contributed by atoms with Crippen molar-refractivity contribution in [2.75, 3.05) is 26.3 Å². The highest BCUT2D eigenvalue weighted by molar-refractivity contribution is 5.93. The molecule has 0 radical (unpaired) electrons. The predicted molar refractivity (Wildman–Crippen MR) is 129 cm³/mol. The highest BCUT2D eigenvalue weighted by Gasteiger charge is 2.29. The molecule has 0 saturated carbocycles. The normalized spacial score (nSPS) is 12.2. The second-order valence-electron chi connectivity index (χ2n) is 8.46. The fraction of sp³-hybridized carbons (Fsp3) is 0.583. The van der Waals surface area contributed by atoms with E-state index in [1.165, 1.54) is 6.92 Å². The number of esters is 1. The quantitative estimate of drug-likeness (QED) is 0.112. The highest BCUT2D eigenvalue weighted by Crippen LogP contribution is 2.16. The molecule has 1 aromatic rings. The van der Waals surface area contributed by atoms with Gasteiger partial charge in [-0.2, -0.15) is 0 Å². The molecule has 0 aliphatic rings. The fourth-order valence-corrected chi connectivity index (χ4v) is 3.27. The van der Waals surface area contributed by atoms with Gasteiger partial charge in [-0.15, -0.1) is 0 Å². The van der Waals surface area contributed by atoms with Gasteiger partial charge in [0.25, 0.3) is 0 Å². The zero-order valence-electron chi connectivity index (χ0n) is 20.6. The first-order valence-corrected chi connectivity index (χ1v) is 11.6. The first-order chi connectivity index (χ1) is 16.7. The summed E-state index contributed by atoms with van der Waals surface area (Å²) < 4.78 is 10.6. The monoisotopic (exact) mass is 489 g/mol. The van der Waals surface area contributed by atoms with Gasteiger partial charge in [0.1, 0.15) is 6.61 Å². The van der Waals surface area contributed by atoms with E-state index in [4.69, 9.17) is 15.0 Å². The van der Waals surface area contributed by atoms with Gasteiger partial charge in [0.05, 0.1) is 31.6 Å². The Morgan fingerprint density at radius 3 is 2.43 bits per heavy atom. The SMILES string of the molecule is CC(=O)N[C@H](CC(C)C)C(=O)C[C@@H](CC(=O)OCc1ccccc1)C(=O)NCCOCCN=[N+]=[N-]. The molecule has 0 unspecified atom stereocenters. The number of benzene rings is 1. The Morgan fingerprint density at radius 1 is 1.09 bits per heavy atom. The Hall–Kier alpha value is -3.43. The Balaban J connectivity index is 2.77. The summed E-state index contributed by atoms with van der Waals surface area (Å²) in [5, 5.41) is 8.65. The summed E-state index contributed by atoms with van der Waals surface area (Å²) in [5.41, 5.74) is 9.05. The van der Waals surface area contributed by atoms with Crippen LogP contribution in [0.2, 0.25) is 0 Å². The number of ketones is 1. The summed E-state index contributed by atoms with van der Waals surface area (Å²) in [6.07, 6.45) is -0.0808. The number of carbonyl (C=O) groups is 4. The van der Waals surface area contributed by atoms with E-state index in [0.717, 1.165) is 5.56 Å². The van der Waals surface area contributed by atoms with Crippen LogP contribution in [-0.2, 0) is 35.3 Å². The van der Waals surface area contributed by atoms with Crippen LogP contribution in [-0.4, -0.2) is 55.9 Å². The van der Waals surface area contributed by atoms with E-state index in [9.17, 15) is 19.2 Å². The molecule has 1 rings (SSSR count). The summed E-state index contributed by atoms with van der Waals surface area (Å²) in [7, 11) is 0. The fourth-order valence-electron chi connectivity index (χ4n) is 3.27. The van der Waals surface area contributed by atoms with E-state index >= 15 is 0 Å². The topological polar surface area (TPSA) is 160 Å². The molecule has 0 saturated heterocycles. The molecule has 0 aliphatic carbocycles. The third kappa shape index (κ3) is 13.8. The molecule has 0 heterocycles. The lowest BCUT2D eigenvalue weighted by atomic mass is 9.91. The molecule has 0 spiro atoms. The Labute approximate surface area is 205 Å². The number of carbonyl (C=O) groups excluding carboxylic acids is 4. The van der Waals surface area contributed by atoms with Crippen LogP contribution in [0, 0.1) is 11.8 Å². The van der Waals surface area contributed by atoms with Crippen molar-refractivity contribution in [3.05, 3.63) is 46.3 Å². The predicted octanol–water partition coefficient (Wildman–Crippen LogP) is 2.69. The van der Waals surface area contributed by atoms with Crippen molar-refractivity contribution in [2.24, 2.45) is 17.0 Å². The largest absolute Gasteiger partial charge is 0.461 e. The minimum absolute atomic E-state index is 0.0584. The summed E-state index contributed by atoms with van der Waals surface area (Å²) in [6.45, 7) is 5.95. The van der Waals surface area contributed by atoms with Gasteiger partial charge in [-0.05, 0) is 23.4 Å². The zero-order chi connectivity index (χ0) is 26.1. The first kappa shape index (κ1) is 29.6. The summed E-state index contributed by atoms with van der Waals surface area (Å²) in [4.78, 5) is 52.4. The van der Waals surface area contributed by atoms with Crippen molar-refractivity contribution >= 4 is 23.6 Å². The van der Waals surface area contributed by atoms with Crippen LogP contribution in [0.15, 0.2) is 35.4 Å². The molecule has 1 aromatic carbocycles. The molecule has 0 aliphatic heterocycles. The van der Waals surface area contributed by atoms with Gasteiger partial charge < -0.3 is 20.1 Å². The van der Waals surface area contributed by atoms with Crippen molar-refractivity contribution in [3.63, 3.8) is 0 Å². The number of Topliss-reactive ketones (excluding diaryl/α,β-unsaturated/α-hetero) is 1. The summed E-state index contributed by atoms with van der Waals surface area (Å²) in [5.74, 6) is -2.58. The second kappa shape index (κ2) is 17.1. The number of nitrogens with one attached hydrogen (secondary N) is 2. The minimum Gasteiger partial charge on any atom is -0.461 e. The lowest BCUT2D eigenvalue weighted by Crippen LogP contribution is -2.43. The maximum absolute atomic E-state index is 13.0. The molecule has 2 atom stereocenters. The van der Waals surface area contributed by atoms with Gasteiger partial charge in [0, 0.05) is 31.3 Å². The van der Waals surface area contributed by atoms with Crippen molar-refractivity contribution in [1.29, 1.82) is 0 Å². The molecular weight excluding hydrogens is 454 g/mol. The Bertz CT molecular complexity index is 870. The van der Waals surface area contributed by atoms with E-state index in [1.807, 2.05) is 44.2 Å². The average molecular weight is 490 g/mol. The van der Waals surface area contributed by atoms with Crippen LogP contribution in [0.4, 0.5) is 0 Å². The van der Waals surface area contributed by atoms with E-state index in [0.29, 0.717) is 6.42 Å². The smallest absolute Gasteiger partial charge is 0.306 e. The number of azide groups is 1. The highest BCUT2D eigenvalue weighted by atomic mass is 16.5. The van der Waals surface area contributed by atoms with Crippen molar-refractivity contribution < 1.29 is 28.7 Å². The maximum Gasteiger partial charge on any atom is 0.306 e. The molecule has 11 heteroatoms. The number of rotatable bonds is 17. The van der Waals surface area contributed by atoms with E-state index in [1.54, 1.807) is 0 Å². The van der Waals surface area contributed by atoms with Gasteiger partial charge in [-0.3, -0.25) is 19.2 Å². The molecular formula is C24H35N5O6. The third-order valence-electron chi connectivity index (χ3n) is 4.89. The van der Waals surface area contributed by atoms with Gasteiger partial charge in [0.2, 0.25) is 11.8 Å². The van der Waals surface area contributed by atoms with Gasteiger partial charge in [0.15, 0.2) is 5.78 Å². The average Bonchev–Trinajstić information content (AvgIpc) is 2.81. The Kier molecular flexibility index (Phi) is 14.4. The summed E-state index contributed by atoms with van der Waals surface area (Å²) >= 11 is 0. The molecule has 192 valence electrons. The standard InChI is InChI=1S/C24H35N5O6/c1-17(2)13-21(28-18(3)30)22(31)14-20(24(33)26-9-11-34-12-10-27-29-25)15-23(32)35-16-19-7-5-4-6-8-19/h4-8,17,20-21H,9-16H2,1-3H3,(H,26,33)(H,28,30)/t20-,21+/m0/s1. The van der Waals surface area contributed by atoms with E-state index < -0.39 is 23.8 Å². The number of amides is 2. The van der Waals surface area contributed by atoms with E-state index in [2.05, 4.69) is 20.7 Å². The van der Waals surface area contributed by atoms with Crippen molar-refractivity contribution in [3.8, 4) is 0 Å². The van der Waals surface area contributed by atoms with Crippen LogP contribution >= 0.6 is 0 Å². The van der Waals surface area contributed by atoms with Crippen LogP contribution < -0.4 is 10.6 Å². The van der Waals surface area contributed by atoms with Crippen molar-refractivity contribution in [2.45, 2.75) is 52.7 Å². The first-order valence-electron chi connectivity index (χ1n) is 11.6. The van der Waals surface area contributed by atoms with Crippen LogP contribution in [0.1, 0.15) is 45.6 Å². The van der Waals surface area contributed by atoms with Gasteiger partial charge >= 0.3 is 5.97 Å². The number of nitrogens with zero attached hydrogens (tertiary/aromatic N) is 3. The molecule has 2 N–H and O–H groups in total. The zero-order valence-corrected chi connectivity index (χ0v) is 20.6. The number of hydrogen-bond acceptors (Lipinski definition) is 7. The van der Waals surface area contributed by atoms with Crippen LogP contribution in [0.3, 0.4) is 0 Å². The third-order valence-corrected chi connectivity index (χ3v) is 4.89. The lowest BCUT2D eigenvalue weighted by molar-refractivity contribution is -0.148. The second-order valence-corrected chi connectivity index (χ2v) is 8.46. The van der Waals surface area contributed by atoms with Gasteiger partial charge in [-0.25, -0.2) is 0 Å². The van der Waals surface area contributed by atoms with Gasteiger partial charge in [-0.1, -0.05) is 49.3 Å². The lowest BCUT2D eigenvalue weighted by Gasteiger charge is -2.22. The maximum atomic E-state index is 13.0. The Morgan fingerprint density at radius 2 is 1.80 bits per heavy atom. The minimum atomic E-state index is -0.961. The number of ether oxygens (including phenoxy) is 2. The van der Waals surface area contributed by atoms with Crippen LogP contribution in [0.5, 0.6) is 0 Å². The van der Waals surface area contributed by atoms with Crippen molar-refractivity contribution in [1.82, 2.24) is 10.6 Å². The molecule has 11 nitrogen and oxygen atoms in total. The molecule has 0 fully saturated rings. The van der Waals surface area contributed by atoms with Crippen LogP contribution in [0.25, 0.3) is 10.4 Å². The molecule has 35 heavy (non-hydrogen) atoms. The summed E-state index contributed by atoms with van der Waals surface area (Å²) in [6, 6.07) is 8.38. The van der Waals surface area contributed by atoms with E-state index in [-0.39, 0.29) is 63.4 Å². The number of hydrogen-bond donors (Lipinski definition) is 2. The molecule has 2 amide bonds.